The molecule has 0 aromatic carbocycles. The summed E-state index contributed by atoms with van der Waals surface area (Å²) < 4.78 is 5.89. The Kier molecular flexibility index (Phi) is 43.9. The zero-order valence-corrected chi connectivity index (χ0v) is 38.5. The number of unbranched alkanes of at least 4 members (excludes halogenated alkanes) is 17. The maximum atomic E-state index is 12.8. The summed E-state index contributed by atoms with van der Waals surface area (Å²) in [5, 5.41) is 12.0. The van der Waals surface area contributed by atoms with Crippen molar-refractivity contribution in [2.24, 2.45) is 5.73 Å². The average molecular weight is 835 g/mol. The number of esters is 1. The molecule has 0 saturated heterocycles. The molecule has 0 aliphatic heterocycles. The van der Waals surface area contributed by atoms with Crippen LogP contribution in [-0.4, -0.2) is 41.6 Å². The van der Waals surface area contributed by atoms with Crippen molar-refractivity contribution < 1.29 is 24.2 Å². The van der Waals surface area contributed by atoms with Crippen molar-refractivity contribution in [3.63, 3.8) is 0 Å². The van der Waals surface area contributed by atoms with Gasteiger partial charge < -0.3 is 20.9 Å². The second-order valence-corrected chi connectivity index (χ2v) is 16.1. The van der Waals surface area contributed by atoms with Gasteiger partial charge in [-0.25, -0.2) is 4.79 Å². The lowest BCUT2D eigenvalue weighted by Crippen LogP contribution is -2.40. The fourth-order valence-electron chi connectivity index (χ4n) is 6.78. The van der Waals surface area contributed by atoms with Crippen molar-refractivity contribution in [2.75, 3.05) is 6.54 Å². The molecule has 0 heterocycles. The number of aliphatic carboxylic acids is 1. The van der Waals surface area contributed by atoms with Crippen LogP contribution in [0.25, 0.3) is 0 Å². The van der Waals surface area contributed by atoms with Gasteiger partial charge in [-0.1, -0.05) is 176 Å². The fourth-order valence-corrected chi connectivity index (χ4v) is 6.78. The van der Waals surface area contributed by atoms with E-state index in [1.807, 2.05) is 12.2 Å². The van der Waals surface area contributed by atoms with Gasteiger partial charge in [-0.3, -0.25) is 9.59 Å². The largest absolute Gasteiger partial charge is 0.480 e. The molecule has 0 aliphatic rings. The molecular formula is C53H90N2O5. The highest BCUT2D eigenvalue weighted by Crippen LogP contribution is 2.15. The molecule has 0 bridgehead atoms. The van der Waals surface area contributed by atoms with E-state index in [2.05, 4.69) is 92.1 Å². The lowest BCUT2D eigenvalue weighted by molar-refractivity contribution is -0.147. The summed E-state index contributed by atoms with van der Waals surface area (Å²) in [7, 11) is 0. The maximum Gasteiger partial charge on any atom is 0.326 e. The average Bonchev–Trinajstić information content (AvgIpc) is 3.23. The summed E-state index contributed by atoms with van der Waals surface area (Å²) in [6, 6.07) is -0.915. The van der Waals surface area contributed by atoms with E-state index in [-0.39, 0.29) is 24.4 Å². The van der Waals surface area contributed by atoms with Gasteiger partial charge in [-0.2, -0.15) is 0 Å². The van der Waals surface area contributed by atoms with Gasteiger partial charge in [0.25, 0.3) is 0 Å². The van der Waals surface area contributed by atoms with Gasteiger partial charge >= 0.3 is 11.9 Å². The van der Waals surface area contributed by atoms with Crippen LogP contribution in [0.15, 0.2) is 85.1 Å². The number of nitrogens with two attached hydrogens (primary N) is 1. The van der Waals surface area contributed by atoms with E-state index in [4.69, 9.17) is 10.5 Å². The highest BCUT2D eigenvalue weighted by molar-refractivity contribution is 5.83. The normalized spacial score (nSPS) is 13.4. The molecule has 7 nitrogen and oxygen atoms in total. The van der Waals surface area contributed by atoms with Crippen molar-refractivity contribution in [1.82, 2.24) is 5.32 Å². The number of nitrogens with one attached hydrogen (secondary N) is 1. The van der Waals surface area contributed by atoms with Crippen LogP contribution in [-0.2, 0) is 19.1 Å². The minimum Gasteiger partial charge on any atom is -0.480 e. The first-order valence-corrected chi connectivity index (χ1v) is 24.4. The number of carboxylic acid groups (broad SMARTS) is 1. The number of ether oxygens (including phenoxy) is 1. The van der Waals surface area contributed by atoms with Crippen molar-refractivity contribution in [1.29, 1.82) is 0 Å². The molecule has 0 radical (unpaired) electrons. The molecule has 2 unspecified atom stereocenters. The van der Waals surface area contributed by atoms with Crippen LogP contribution in [0.3, 0.4) is 0 Å². The number of allylic oxidation sites excluding steroid dienone is 13. The quantitative estimate of drug-likeness (QED) is 0.0320. The third-order valence-electron chi connectivity index (χ3n) is 10.4. The van der Waals surface area contributed by atoms with E-state index in [1.54, 1.807) is 0 Å². The Morgan fingerprint density at radius 3 is 1.47 bits per heavy atom. The van der Waals surface area contributed by atoms with Crippen LogP contribution in [0, 0.1) is 0 Å². The first-order chi connectivity index (χ1) is 29.4. The zero-order chi connectivity index (χ0) is 43.8. The molecule has 60 heavy (non-hydrogen) atoms. The molecule has 0 aromatic rings. The predicted molar refractivity (Wildman–Crippen MR) is 257 cm³/mol. The van der Waals surface area contributed by atoms with Crippen LogP contribution in [0.5, 0.6) is 0 Å². The minimum atomic E-state index is -1.04. The van der Waals surface area contributed by atoms with E-state index in [0.29, 0.717) is 45.1 Å². The highest BCUT2D eigenvalue weighted by atomic mass is 16.5. The standard InChI is InChI=1S/C53H90N2O5/c1-3-5-7-9-11-13-15-17-19-20-21-22-23-24-25-26-27-29-31-33-35-37-39-47-52(57)60-49(44-40-41-46-51(56)55-50(53(58)59)45-42-48-54)43-38-36-34-32-30-28-18-16-14-12-10-8-6-4-2/h6,8,12,14-15,17-18,20-21,28,32,34,38,43,49-50H,3-5,7,9-11,13,16,19,22-27,29-31,33,35-37,39-42,44-48,54H2,1-2H3,(H,55,56)(H,58,59)/b8-6-,14-12-,17-15-,21-20-,28-18-,34-32-,43-38-. The molecule has 0 saturated carbocycles. The van der Waals surface area contributed by atoms with Crippen molar-refractivity contribution in [2.45, 2.75) is 225 Å². The highest BCUT2D eigenvalue weighted by Gasteiger charge is 2.19. The molecule has 0 rings (SSSR count). The van der Waals surface area contributed by atoms with Crippen LogP contribution in [0.4, 0.5) is 0 Å². The van der Waals surface area contributed by atoms with Crippen molar-refractivity contribution in [3.05, 3.63) is 85.1 Å². The Bertz CT molecular complexity index is 1210. The molecular weight excluding hydrogens is 745 g/mol. The fraction of sp³-hybridized carbons (Fsp3) is 0.679. The Labute approximate surface area is 368 Å². The second-order valence-electron chi connectivity index (χ2n) is 16.1. The van der Waals surface area contributed by atoms with Gasteiger partial charge in [0.1, 0.15) is 12.1 Å². The van der Waals surface area contributed by atoms with Gasteiger partial charge in [0, 0.05) is 12.8 Å². The van der Waals surface area contributed by atoms with Gasteiger partial charge in [0.2, 0.25) is 5.91 Å². The molecule has 0 aromatic heterocycles. The number of rotatable bonds is 43. The van der Waals surface area contributed by atoms with E-state index < -0.39 is 12.0 Å². The van der Waals surface area contributed by atoms with Crippen LogP contribution in [0.2, 0.25) is 0 Å². The van der Waals surface area contributed by atoms with E-state index in [9.17, 15) is 19.5 Å². The number of carbonyl (C=O) groups is 3. The smallest absolute Gasteiger partial charge is 0.326 e. The molecule has 0 fully saturated rings. The summed E-state index contributed by atoms with van der Waals surface area (Å²) in [5.41, 5.74) is 5.51. The summed E-state index contributed by atoms with van der Waals surface area (Å²) in [6.45, 7) is 4.79. The summed E-state index contributed by atoms with van der Waals surface area (Å²) in [4.78, 5) is 36.7. The van der Waals surface area contributed by atoms with Crippen molar-refractivity contribution in [3.8, 4) is 0 Å². The molecule has 1 amide bonds. The Hall–Kier alpha value is -3.45. The topological polar surface area (TPSA) is 119 Å². The lowest BCUT2D eigenvalue weighted by atomic mass is 10.0. The Morgan fingerprint density at radius 2 is 0.967 bits per heavy atom. The maximum absolute atomic E-state index is 12.8. The number of hydrogen-bond acceptors (Lipinski definition) is 5. The second kappa shape index (κ2) is 46.6. The molecule has 0 spiro atoms. The van der Waals surface area contributed by atoms with Crippen LogP contribution >= 0.6 is 0 Å². The third-order valence-corrected chi connectivity index (χ3v) is 10.4. The van der Waals surface area contributed by atoms with E-state index in [0.717, 1.165) is 57.8 Å². The van der Waals surface area contributed by atoms with Crippen molar-refractivity contribution >= 4 is 17.8 Å². The predicted octanol–water partition coefficient (Wildman–Crippen LogP) is 14.5. The monoisotopic (exact) mass is 835 g/mol. The molecule has 342 valence electrons. The lowest BCUT2D eigenvalue weighted by Gasteiger charge is -2.16. The summed E-state index contributed by atoms with van der Waals surface area (Å²) >= 11 is 0. The number of hydrogen-bond donors (Lipinski definition) is 3. The third kappa shape index (κ3) is 42.7. The Balaban J connectivity index is 4.35. The van der Waals surface area contributed by atoms with E-state index in [1.165, 1.54) is 96.3 Å². The van der Waals surface area contributed by atoms with Crippen LogP contribution in [0.1, 0.15) is 213 Å². The minimum absolute atomic E-state index is 0.168. The molecule has 2 atom stereocenters. The van der Waals surface area contributed by atoms with Gasteiger partial charge in [0.05, 0.1) is 0 Å². The van der Waals surface area contributed by atoms with Gasteiger partial charge in [-0.05, 0) is 115 Å². The summed E-state index contributed by atoms with van der Waals surface area (Å²) in [5.74, 6) is -1.49. The number of amides is 1. The first-order valence-electron chi connectivity index (χ1n) is 24.4. The van der Waals surface area contributed by atoms with Crippen LogP contribution < -0.4 is 11.1 Å². The number of carbonyl (C=O) groups excluding carboxylic acids is 2. The Morgan fingerprint density at radius 1 is 0.517 bits per heavy atom. The molecule has 4 N–H and O–H groups in total. The summed E-state index contributed by atoms with van der Waals surface area (Å²) in [6.07, 6.45) is 62.2. The molecule has 0 aliphatic carbocycles. The SMILES string of the molecule is CC/C=C\C/C=C\C/C=C\C/C=C\C/C=C\C(CCCCC(=O)NC(CCCN)C(=O)O)OC(=O)CCCCCCCCCCCCC/C=C\C/C=C\CCCCCCC. The van der Waals surface area contributed by atoms with E-state index >= 15 is 0 Å². The first kappa shape index (κ1) is 56.5. The zero-order valence-electron chi connectivity index (χ0n) is 38.5. The van der Waals surface area contributed by atoms with Gasteiger partial charge in [0.15, 0.2) is 0 Å². The number of carboxylic acids is 1. The van der Waals surface area contributed by atoms with Gasteiger partial charge in [-0.15, -0.1) is 0 Å². The molecule has 7 heteroatoms.